The predicted molar refractivity (Wildman–Crippen MR) is 75.3 cm³/mol. The lowest BCUT2D eigenvalue weighted by molar-refractivity contribution is -0.142. The number of hydrogen-bond donors (Lipinski definition) is 3. The Labute approximate surface area is 121 Å². The van der Waals surface area contributed by atoms with Gasteiger partial charge in [0.05, 0.1) is 5.92 Å². The molecule has 0 amide bonds. The van der Waals surface area contributed by atoms with Crippen LogP contribution in [-0.4, -0.2) is 36.7 Å². The van der Waals surface area contributed by atoms with Gasteiger partial charge in [-0.3, -0.25) is 4.79 Å². The number of tetrazole rings is 1. The van der Waals surface area contributed by atoms with Crippen molar-refractivity contribution in [2.75, 3.05) is 5.73 Å². The predicted octanol–water partition coefficient (Wildman–Crippen LogP) is 1.00. The first-order chi connectivity index (χ1) is 10.1. The molecule has 2 heterocycles. The van der Waals surface area contributed by atoms with E-state index in [0.29, 0.717) is 24.5 Å². The first-order valence-corrected chi connectivity index (χ1v) is 6.78. The molecule has 4 N–H and O–H groups in total. The Balaban J connectivity index is 2.27. The minimum atomic E-state index is -0.846. The first-order valence-electron chi connectivity index (χ1n) is 6.78. The number of aromatic amines is 1. The van der Waals surface area contributed by atoms with Gasteiger partial charge in [0, 0.05) is 12.1 Å². The van der Waals surface area contributed by atoms with Crippen molar-refractivity contribution in [2.24, 2.45) is 5.92 Å². The number of rotatable bonds is 7. The Hall–Kier alpha value is -2.51. The summed E-state index contributed by atoms with van der Waals surface area (Å²) in [6.45, 7) is 1.95. The third-order valence-electron chi connectivity index (χ3n) is 3.42. The number of nitrogens with two attached hydrogens (primary N) is 1. The summed E-state index contributed by atoms with van der Waals surface area (Å²) in [5, 5.41) is 23.2. The van der Waals surface area contributed by atoms with Gasteiger partial charge in [0.25, 0.3) is 0 Å². The van der Waals surface area contributed by atoms with E-state index in [4.69, 9.17) is 5.73 Å². The Morgan fingerprint density at radius 3 is 2.81 bits per heavy atom. The normalized spacial score (nSPS) is 13.8. The molecule has 2 aromatic rings. The Morgan fingerprint density at radius 1 is 1.48 bits per heavy atom. The van der Waals surface area contributed by atoms with E-state index in [1.807, 2.05) is 13.0 Å². The molecule has 0 saturated carbocycles. The van der Waals surface area contributed by atoms with Gasteiger partial charge in [0.1, 0.15) is 5.82 Å². The molecule has 0 aliphatic carbocycles. The van der Waals surface area contributed by atoms with E-state index in [2.05, 4.69) is 25.6 Å². The summed E-state index contributed by atoms with van der Waals surface area (Å²) in [5.41, 5.74) is 6.46. The molecule has 0 spiro atoms. The summed E-state index contributed by atoms with van der Waals surface area (Å²) in [5.74, 6) is -0.820. The highest BCUT2D eigenvalue weighted by atomic mass is 16.4. The largest absolute Gasteiger partial charge is 0.481 e. The number of aromatic nitrogens is 5. The molecular formula is C13H18N6O2. The van der Waals surface area contributed by atoms with Gasteiger partial charge in [-0.05, 0) is 34.9 Å². The molecule has 2 rings (SSSR count). The lowest BCUT2D eigenvalue weighted by Crippen LogP contribution is -2.25. The highest BCUT2D eigenvalue weighted by molar-refractivity contribution is 5.71. The molecule has 0 bridgehead atoms. The molecule has 21 heavy (non-hydrogen) atoms. The molecule has 0 aromatic carbocycles. The molecule has 0 aliphatic rings. The topological polar surface area (TPSA) is 131 Å². The number of hydrogen-bond acceptors (Lipinski definition) is 6. The van der Waals surface area contributed by atoms with Crippen LogP contribution in [0, 0.1) is 5.92 Å². The van der Waals surface area contributed by atoms with Crippen molar-refractivity contribution in [3.05, 3.63) is 29.7 Å². The lowest BCUT2D eigenvalue weighted by Gasteiger charge is -2.21. The molecular weight excluding hydrogens is 272 g/mol. The second-order valence-corrected chi connectivity index (χ2v) is 4.92. The fraction of sp³-hybridized carbons (Fsp3) is 0.462. The number of carbonyl (C=O) groups is 1. The first kappa shape index (κ1) is 14.9. The van der Waals surface area contributed by atoms with E-state index >= 15 is 0 Å². The second-order valence-electron chi connectivity index (χ2n) is 4.92. The van der Waals surface area contributed by atoms with Crippen LogP contribution in [-0.2, 0) is 11.2 Å². The number of carboxylic acid groups (broad SMARTS) is 1. The van der Waals surface area contributed by atoms with E-state index in [9.17, 15) is 9.90 Å². The highest BCUT2D eigenvalue weighted by Crippen LogP contribution is 2.29. The number of nitrogen functional groups attached to an aromatic ring is 1. The van der Waals surface area contributed by atoms with E-state index in [-0.39, 0.29) is 5.92 Å². The van der Waals surface area contributed by atoms with Gasteiger partial charge in [-0.1, -0.05) is 19.4 Å². The number of aliphatic carboxylic acids is 1. The van der Waals surface area contributed by atoms with Crippen molar-refractivity contribution in [3.8, 4) is 0 Å². The second kappa shape index (κ2) is 6.78. The quantitative estimate of drug-likeness (QED) is 0.693. The number of anilines is 1. The highest BCUT2D eigenvalue weighted by Gasteiger charge is 2.31. The average Bonchev–Trinajstić information content (AvgIpc) is 2.98. The molecule has 8 heteroatoms. The summed E-state index contributed by atoms with van der Waals surface area (Å²) in [7, 11) is 0. The van der Waals surface area contributed by atoms with Crippen molar-refractivity contribution < 1.29 is 9.90 Å². The van der Waals surface area contributed by atoms with Crippen LogP contribution < -0.4 is 5.73 Å². The standard InChI is InChI=1S/C13H18N6O2/c1-2-3-9(13(20)21)10(12-16-18-19-17-12)6-8-4-5-11(14)15-7-8/h4-5,7,9-10H,2-3,6H2,1H3,(H2,14,15)(H,20,21)(H,16,17,18,19)/t9?,10-/m0/s1. The molecule has 0 fully saturated rings. The van der Waals surface area contributed by atoms with Crippen molar-refractivity contribution in [1.29, 1.82) is 0 Å². The van der Waals surface area contributed by atoms with E-state index in [1.165, 1.54) is 0 Å². The van der Waals surface area contributed by atoms with Crippen LogP contribution in [0.3, 0.4) is 0 Å². The van der Waals surface area contributed by atoms with Crippen molar-refractivity contribution in [2.45, 2.75) is 32.1 Å². The molecule has 0 saturated heterocycles. The van der Waals surface area contributed by atoms with Gasteiger partial charge in [0.2, 0.25) is 0 Å². The van der Waals surface area contributed by atoms with E-state index in [0.717, 1.165) is 12.0 Å². The number of pyridine rings is 1. The third kappa shape index (κ3) is 3.74. The van der Waals surface area contributed by atoms with Gasteiger partial charge in [-0.15, -0.1) is 5.10 Å². The summed E-state index contributed by atoms with van der Waals surface area (Å²) in [4.78, 5) is 15.6. The number of nitrogens with zero attached hydrogens (tertiary/aromatic N) is 4. The minimum absolute atomic E-state index is 0.331. The van der Waals surface area contributed by atoms with Crippen LogP contribution in [0.4, 0.5) is 5.82 Å². The number of nitrogens with one attached hydrogen (secondary N) is 1. The Morgan fingerprint density at radius 2 is 2.29 bits per heavy atom. The van der Waals surface area contributed by atoms with Crippen molar-refractivity contribution in [1.82, 2.24) is 25.6 Å². The lowest BCUT2D eigenvalue weighted by atomic mass is 9.83. The van der Waals surface area contributed by atoms with Crippen molar-refractivity contribution in [3.63, 3.8) is 0 Å². The Kier molecular flexibility index (Phi) is 4.81. The van der Waals surface area contributed by atoms with Gasteiger partial charge in [0.15, 0.2) is 5.82 Å². The smallest absolute Gasteiger partial charge is 0.307 e. The fourth-order valence-corrected chi connectivity index (χ4v) is 2.37. The van der Waals surface area contributed by atoms with Gasteiger partial charge in [-0.25, -0.2) is 10.1 Å². The SMILES string of the molecule is CCCC(C(=O)O)[C@H](Cc1ccc(N)nc1)c1nnn[nH]1. The van der Waals surface area contributed by atoms with Crippen LogP contribution in [0.5, 0.6) is 0 Å². The molecule has 8 nitrogen and oxygen atoms in total. The molecule has 1 unspecified atom stereocenters. The molecule has 2 atom stereocenters. The van der Waals surface area contributed by atoms with Crippen LogP contribution >= 0.6 is 0 Å². The van der Waals surface area contributed by atoms with Crippen molar-refractivity contribution >= 4 is 11.8 Å². The zero-order valence-electron chi connectivity index (χ0n) is 11.7. The maximum atomic E-state index is 11.6. The van der Waals surface area contributed by atoms with Crippen LogP contribution in [0.2, 0.25) is 0 Å². The van der Waals surface area contributed by atoms with Gasteiger partial charge < -0.3 is 10.8 Å². The zero-order chi connectivity index (χ0) is 15.2. The number of H-pyrrole nitrogens is 1. The van der Waals surface area contributed by atoms with Gasteiger partial charge in [-0.2, -0.15) is 0 Å². The Bertz CT molecular complexity index is 569. The number of carboxylic acids is 1. The van der Waals surface area contributed by atoms with Gasteiger partial charge >= 0.3 is 5.97 Å². The maximum absolute atomic E-state index is 11.6. The zero-order valence-corrected chi connectivity index (χ0v) is 11.7. The molecule has 2 aromatic heterocycles. The third-order valence-corrected chi connectivity index (χ3v) is 3.42. The van der Waals surface area contributed by atoms with Crippen LogP contribution in [0.15, 0.2) is 18.3 Å². The molecule has 0 aliphatic heterocycles. The maximum Gasteiger partial charge on any atom is 0.307 e. The fourth-order valence-electron chi connectivity index (χ4n) is 2.37. The molecule has 112 valence electrons. The van der Waals surface area contributed by atoms with E-state index in [1.54, 1.807) is 12.3 Å². The monoisotopic (exact) mass is 290 g/mol. The van der Waals surface area contributed by atoms with Crippen LogP contribution in [0.25, 0.3) is 0 Å². The minimum Gasteiger partial charge on any atom is -0.481 e. The summed E-state index contributed by atoms with van der Waals surface area (Å²) in [6, 6.07) is 3.53. The average molecular weight is 290 g/mol. The molecule has 0 radical (unpaired) electrons. The summed E-state index contributed by atoms with van der Waals surface area (Å²) >= 11 is 0. The van der Waals surface area contributed by atoms with Crippen LogP contribution in [0.1, 0.15) is 37.1 Å². The summed E-state index contributed by atoms with van der Waals surface area (Å²) in [6.07, 6.45) is 3.47. The summed E-state index contributed by atoms with van der Waals surface area (Å²) < 4.78 is 0. The van der Waals surface area contributed by atoms with E-state index < -0.39 is 11.9 Å².